The first-order valence-corrected chi connectivity index (χ1v) is 11.3. The standard InChI is InChI=1S/C26H19N3O4S/c30-24(13-8-17-6-10-20(11-7-17)32-15-18-4-2-1-3-5-18)29-25-27-22(16-34-25)19-9-12-23-21(14-19)28-26(31)33-23/h1-14,16H,15H2,(H,28,31)(H,27,29,30)/b13-8+. The van der Waals surface area contributed by atoms with Gasteiger partial charge in [-0.2, -0.15) is 0 Å². The summed E-state index contributed by atoms with van der Waals surface area (Å²) in [5.41, 5.74) is 4.57. The molecule has 0 spiro atoms. The Bertz CT molecular complexity index is 1520. The van der Waals surface area contributed by atoms with Crippen molar-refractivity contribution >= 4 is 39.6 Å². The van der Waals surface area contributed by atoms with Gasteiger partial charge < -0.3 is 9.15 Å². The van der Waals surface area contributed by atoms with Gasteiger partial charge in [-0.05, 0) is 47.5 Å². The number of fused-ring (bicyclic) bond motifs is 1. The average Bonchev–Trinajstić information content (AvgIpc) is 3.47. The molecule has 0 radical (unpaired) electrons. The zero-order valence-corrected chi connectivity index (χ0v) is 18.7. The summed E-state index contributed by atoms with van der Waals surface area (Å²) in [6.07, 6.45) is 3.19. The van der Waals surface area contributed by atoms with E-state index in [9.17, 15) is 9.59 Å². The van der Waals surface area contributed by atoms with E-state index in [2.05, 4.69) is 15.3 Å². The Balaban J connectivity index is 1.17. The van der Waals surface area contributed by atoms with Gasteiger partial charge in [0.05, 0.1) is 11.2 Å². The number of oxazole rings is 1. The second-order valence-electron chi connectivity index (χ2n) is 7.43. The van der Waals surface area contributed by atoms with Crippen LogP contribution in [0.3, 0.4) is 0 Å². The minimum Gasteiger partial charge on any atom is -0.489 e. The van der Waals surface area contributed by atoms with E-state index in [1.54, 1.807) is 18.2 Å². The highest BCUT2D eigenvalue weighted by molar-refractivity contribution is 7.14. The molecule has 1 amide bonds. The zero-order valence-electron chi connectivity index (χ0n) is 17.9. The third-order valence-electron chi connectivity index (χ3n) is 5.00. The predicted octanol–water partition coefficient (Wildman–Crippen LogP) is 5.48. The third-order valence-corrected chi connectivity index (χ3v) is 5.76. The van der Waals surface area contributed by atoms with Gasteiger partial charge in [-0.25, -0.2) is 9.78 Å². The van der Waals surface area contributed by atoms with Crippen molar-refractivity contribution < 1.29 is 13.9 Å². The number of H-pyrrole nitrogens is 1. The van der Waals surface area contributed by atoms with Crippen molar-refractivity contribution in [1.82, 2.24) is 9.97 Å². The number of amides is 1. The van der Waals surface area contributed by atoms with Crippen LogP contribution >= 0.6 is 11.3 Å². The van der Waals surface area contributed by atoms with E-state index in [0.29, 0.717) is 28.5 Å². The molecule has 0 atom stereocenters. The molecule has 2 heterocycles. The highest BCUT2D eigenvalue weighted by Gasteiger charge is 2.09. The molecular formula is C26H19N3O4S. The number of ether oxygens (including phenoxy) is 1. The van der Waals surface area contributed by atoms with Crippen LogP contribution in [-0.4, -0.2) is 15.9 Å². The van der Waals surface area contributed by atoms with Gasteiger partial charge in [0.25, 0.3) is 0 Å². The molecule has 7 nitrogen and oxygen atoms in total. The second kappa shape index (κ2) is 9.60. The number of anilines is 1. The summed E-state index contributed by atoms with van der Waals surface area (Å²) in [6, 6.07) is 22.8. The molecule has 168 valence electrons. The highest BCUT2D eigenvalue weighted by Crippen LogP contribution is 2.27. The molecule has 0 unspecified atom stereocenters. The molecule has 8 heteroatoms. The normalized spacial score (nSPS) is 11.2. The fraction of sp³-hybridized carbons (Fsp3) is 0.0385. The van der Waals surface area contributed by atoms with Crippen LogP contribution < -0.4 is 15.8 Å². The maximum atomic E-state index is 12.3. The number of benzene rings is 3. The van der Waals surface area contributed by atoms with Crippen molar-refractivity contribution in [2.75, 3.05) is 5.32 Å². The number of carbonyl (C=O) groups is 1. The number of nitrogens with zero attached hydrogens (tertiary/aromatic N) is 1. The molecule has 0 bridgehead atoms. The Labute approximate surface area is 198 Å². The van der Waals surface area contributed by atoms with E-state index < -0.39 is 5.76 Å². The van der Waals surface area contributed by atoms with Crippen LogP contribution in [-0.2, 0) is 11.4 Å². The lowest BCUT2D eigenvalue weighted by molar-refractivity contribution is -0.111. The second-order valence-corrected chi connectivity index (χ2v) is 8.29. The lowest BCUT2D eigenvalue weighted by Crippen LogP contribution is -2.07. The smallest absolute Gasteiger partial charge is 0.417 e. The van der Waals surface area contributed by atoms with E-state index >= 15 is 0 Å². The Hall–Kier alpha value is -4.43. The minimum atomic E-state index is -0.500. The van der Waals surface area contributed by atoms with Crippen molar-refractivity contribution in [2.45, 2.75) is 6.61 Å². The van der Waals surface area contributed by atoms with Crippen LogP contribution in [0.15, 0.2) is 93.5 Å². The van der Waals surface area contributed by atoms with Gasteiger partial charge >= 0.3 is 5.76 Å². The third kappa shape index (κ3) is 5.13. The molecule has 2 aromatic heterocycles. The Kier molecular flexibility index (Phi) is 6.05. The summed E-state index contributed by atoms with van der Waals surface area (Å²) in [7, 11) is 0. The molecule has 0 saturated heterocycles. The van der Waals surface area contributed by atoms with Gasteiger partial charge in [-0.1, -0.05) is 42.5 Å². The molecule has 3 aromatic carbocycles. The first-order chi connectivity index (χ1) is 16.6. The van der Waals surface area contributed by atoms with Crippen LogP contribution in [0.1, 0.15) is 11.1 Å². The Morgan fingerprint density at radius 2 is 1.91 bits per heavy atom. The number of hydrogen-bond donors (Lipinski definition) is 2. The zero-order chi connectivity index (χ0) is 23.3. The number of hydrogen-bond acceptors (Lipinski definition) is 6. The first kappa shape index (κ1) is 21.4. The first-order valence-electron chi connectivity index (χ1n) is 10.5. The number of nitrogens with one attached hydrogen (secondary N) is 2. The van der Waals surface area contributed by atoms with Gasteiger partial charge in [0.2, 0.25) is 5.91 Å². The van der Waals surface area contributed by atoms with Gasteiger partial charge in [0.1, 0.15) is 12.4 Å². The fourth-order valence-electron chi connectivity index (χ4n) is 3.31. The average molecular weight is 470 g/mol. The number of rotatable bonds is 7. The number of carbonyl (C=O) groups excluding carboxylic acids is 1. The highest BCUT2D eigenvalue weighted by atomic mass is 32.1. The molecule has 5 rings (SSSR count). The Morgan fingerprint density at radius 1 is 1.09 bits per heavy atom. The summed E-state index contributed by atoms with van der Waals surface area (Å²) in [6.45, 7) is 0.502. The van der Waals surface area contributed by atoms with Gasteiger partial charge in [0, 0.05) is 17.0 Å². The molecule has 0 aliphatic heterocycles. The monoisotopic (exact) mass is 469 g/mol. The van der Waals surface area contributed by atoms with Crippen LogP contribution in [0.2, 0.25) is 0 Å². The summed E-state index contributed by atoms with van der Waals surface area (Å²) in [5.74, 6) is -0.0158. The van der Waals surface area contributed by atoms with Crippen LogP contribution in [0.25, 0.3) is 28.4 Å². The van der Waals surface area contributed by atoms with Gasteiger partial charge in [-0.3, -0.25) is 15.1 Å². The number of aromatic amines is 1. The molecule has 0 aliphatic rings. The minimum absolute atomic E-state index is 0.278. The fourth-order valence-corrected chi connectivity index (χ4v) is 4.03. The molecule has 5 aromatic rings. The van der Waals surface area contributed by atoms with Crippen LogP contribution in [0.5, 0.6) is 5.75 Å². The molecule has 2 N–H and O–H groups in total. The van der Waals surface area contributed by atoms with E-state index in [-0.39, 0.29) is 5.91 Å². The summed E-state index contributed by atoms with van der Waals surface area (Å²) in [4.78, 5) is 30.7. The Morgan fingerprint density at radius 3 is 2.74 bits per heavy atom. The molecule has 0 saturated carbocycles. The van der Waals surface area contributed by atoms with Gasteiger partial charge in [-0.15, -0.1) is 11.3 Å². The van der Waals surface area contributed by atoms with E-state index in [1.165, 1.54) is 17.4 Å². The van der Waals surface area contributed by atoms with E-state index in [1.807, 2.05) is 66.0 Å². The summed E-state index contributed by atoms with van der Waals surface area (Å²) >= 11 is 1.32. The molecular weight excluding hydrogens is 450 g/mol. The van der Waals surface area contributed by atoms with Crippen molar-refractivity contribution in [3.63, 3.8) is 0 Å². The van der Waals surface area contributed by atoms with Crippen LogP contribution in [0, 0.1) is 0 Å². The van der Waals surface area contributed by atoms with Crippen molar-refractivity contribution in [1.29, 1.82) is 0 Å². The van der Waals surface area contributed by atoms with Gasteiger partial charge in [0.15, 0.2) is 10.7 Å². The molecule has 0 fully saturated rings. The van der Waals surface area contributed by atoms with Crippen molar-refractivity contribution in [2.24, 2.45) is 0 Å². The lowest BCUT2D eigenvalue weighted by Gasteiger charge is -2.06. The SMILES string of the molecule is O=C(/C=C/c1ccc(OCc2ccccc2)cc1)Nc1nc(-c2ccc3oc(=O)[nH]c3c2)cs1. The topological polar surface area (TPSA) is 97.2 Å². The predicted molar refractivity (Wildman–Crippen MR) is 133 cm³/mol. The molecule has 34 heavy (non-hydrogen) atoms. The maximum Gasteiger partial charge on any atom is 0.417 e. The van der Waals surface area contributed by atoms with Crippen LogP contribution in [0.4, 0.5) is 5.13 Å². The summed E-state index contributed by atoms with van der Waals surface area (Å²) < 4.78 is 10.8. The lowest BCUT2D eigenvalue weighted by atomic mass is 10.1. The maximum absolute atomic E-state index is 12.3. The molecule has 0 aliphatic carbocycles. The summed E-state index contributed by atoms with van der Waals surface area (Å²) in [5, 5.41) is 5.10. The van der Waals surface area contributed by atoms with Crippen molar-refractivity contribution in [3.8, 4) is 17.0 Å². The van der Waals surface area contributed by atoms with E-state index in [4.69, 9.17) is 9.15 Å². The van der Waals surface area contributed by atoms with E-state index in [0.717, 1.165) is 22.4 Å². The quantitative estimate of drug-likeness (QED) is 0.308. The number of thiazole rings is 1. The van der Waals surface area contributed by atoms with Crippen molar-refractivity contribution in [3.05, 3.63) is 106 Å². The largest absolute Gasteiger partial charge is 0.489 e. The number of aromatic nitrogens is 2.